The molecule has 2 aliphatic heterocycles. The molecule has 3 aliphatic rings. The molecule has 4 rings (SSSR count). The van der Waals surface area contributed by atoms with Gasteiger partial charge in [0.05, 0.1) is 24.5 Å². The van der Waals surface area contributed by atoms with Crippen LogP contribution in [0.4, 0.5) is 0 Å². The number of rotatable bonds is 12. The summed E-state index contributed by atoms with van der Waals surface area (Å²) in [6.45, 7) is 5.03. The molecule has 38 heavy (non-hydrogen) atoms. The molecule has 206 valence electrons. The number of ether oxygens (including phenoxy) is 1. The van der Waals surface area contributed by atoms with Gasteiger partial charge in [0.15, 0.2) is 0 Å². The number of phenols is 1. The number of fused-ring (bicyclic) bond motifs is 3. The summed E-state index contributed by atoms with van der Waals surface area (Å²) < 4.78 is 7.21. The number of aromatic hydroxyl groups is 1. The van der Waals surface area contributed by atoms with Gasteiger partial charge in [0.1, 0.15) is 5.75 Å². The average Bonchev–Trinajstić information content (AvgIpc) is 3.39. The zero-order valence-electron chi connectivity index (χ0n) is 22.2. The summed E-state index contributed by atoms with van der Waals surface area (Å²) in [5, 5.41) is 19.0. The number of carboxylic acids is 1. The van der Waals surface area contributed by atoms with Crippen LogP contribution in [0.1, 0.15) is 77.2 Å². The molecule has 0 unspecified atom stereocenters. The Bertz CT molecular complexity index is 1140. The molecule has 2 amide bonds. The van der Waals surface area contributed by atoms with Crippen molar-refractivity contribution in [2.75, 3.05) is 13.2 Å². The summed E-state index contributed by atoms with van der Waals surface area (Å²) in [6.07, 6.45) is 8.03. The average molecular weight is 589 g/mol. The lowest BCUT2D eigenvalue weighted by atomic mass is 9.68. The predicted octanol–water partition coefficient (Wildman–Crippen LogP) is 6.10. The van der Waals surface area contributed by atoms with Gasteiger partial charge in [-0.15, -0.1) is 0 Å². The van der Waals surface area contributed by atoms with Crippen molar-refractivity contribution in [1.82, 2.24) is 4.90 Å². The van der Waals surface area contributed by atoms with Gasteiger partial charge in [0.2, 0.25) is 11.8 Å². The second kappa shape index (κ2) is 12.6. The SMILES string of the molecule is CCCC1=C2[C@@H](CC/C(C)=C/c3cc(Br)ccc3O)OC[C@@H]2[C@@H]2C(=O)N(CCCCCC(=O)O)C(=O)[C@@H]2C1. The molecule has 1 aromatic rings. The van der Waals surface area contributed by atoms with Gasteiger partial charge < -0.3 is 14.9 Å². The number of carbonyl (C=O) groups excluding carboxylic acids is 2. The van der Waals surface area contributed by atoms with Crippen LogP contribution in [0.15, 0.2) is 39.4 Å². The van der Waals surface area contributed by atoms with E-state index in [4.69, 9.17) is 9.84 Å². The predicted molar refractivity (Wildman–Crippen MR) is 148 cm³/mol. The van der Waals surface area contributed by atoms with Gasteiger partial charge in [0, 0.05) is 28.9 Å². The number of hydrogen-bond donors (Lipinski definition) is 2. The minimum Gasteiger partial charge on any atom is -0.507 e. The number of carboxylic acid groups (broad SMARTS) is 1. The first-order chi connectivity index (χ1) is 18.2. The Labute approximate surface area is 233 Å². The Kier molecular flexibility index (Phi) is 9.47. The Morgan fingerprint density at radius 2 is 1.95 bits per heavy atom. The van der Waals surface area contributed by atoms with Crippen molar-refractivity contribution < 1.29 is 29.3 Å². The first kappa shape index (κ1) is 28.6. The van der Waals surface area contributed by atoms with Crippen LogP contribution in [0.5, 0.6) is 5.75 Å². The third-order valence-corrected chi connectivity index (χ3v) is 8.61. The largest absolute Gasteiger partial charge is 0.507 e. The standard InChI is InChI=1S/C30H38BrNO6/c1-3-7-19-16-22-28(30(37)32(29(22)36)13-6-4-5-8-26(34)35)23-17-38-25(27(19)23)12-9-18(2)14-20-15-21(31)10-11-24(20)33/h10-11,14-15,22-23,25,28,33H,3-9,12-13,16-17H2,1-2H3,(H,34,35)/b18-14+/t22-,23+,25-,28-/m1/s1. The Morgan fingerprint density at radius 3 is 2.68 bits per heavy atom. The van der Waals surface area contributed by atoms with E-state index in [1.165, 1.54) is 16.0 Å². The van der Waals surface area contributed by atoms with Crippen molar-refractivity contribution in [3.05, 3.63) is 45.0 Å². The van der Waals surface area contributed by atoms with Crippen molar-refractivity contribution in [3.63, 3.8) is 0 Å². The summed E-state index contributed by atoms with van der Waals surface area (Å²) in [7, 11) is 0. The maximum Gasteiger partial charge on any atom is 0.303 e. The Hall–Kier alpha value is -2.45. The molecule has 0 saturated carbocycles. The fourth-order valence-electron chi connectivity index (χ4n) is 6.36. The van der Waals surface area contributed by atoms with Gasteiger partial charge in [-0.25, -0.2) is 0 Å². The summed E-state index contributed by atoms with van der Waals surface area (Å²) in [5.41, 5.74) is 4.44. The number of amides is 2. The monoisotopic (exact) mass is 587 g/mol. The summed E-state index contributed by atoms with van der Waals surface area (Å²) in [4.78, 5) is 38.9. The number of likely N-dealkylation sites (tertiary alicyclic amines) is 1. The zero-order chi connectivity index (χ0) is 27.4. The van der Waals surface area contributed by atoms with Crippen LogP contribution in [0.3, 0.4) is 0 Å². The fourth-order valence-corrected chi connectivity index (χ4v) is 6.74. The molecule has 0 bridgehead atoms. The molecule has 7 nitrogen and oxygen atoms in total. The fraction of sp³-hybridized carbons (Fsp3) is 0.567. The Balaban J connectivity index is 1.45. The van der Waals surface area contributed by atoms with E-state index >= 15 is 0 Å². The number of phenolic OH excluding ortho intramolecular Hbond substituents is 1. The van der Waals surface area contributed by atoms with E-state index in [-0.39, 0.29) is 47.8 Å². The molecular weight excluding hydrogens is 550 g/mol. The van der Waals surface area contributed by atoms with E-state index in [9.17, 15) is 19.5 Å². The number of hydrogen-bond acceptors (Lipinski definition) is 5. The number of allylic oxidation sites excluding steroid dienone is 2. The minimum atomic E-state index is -0.820. The van der Waals surface area contributed by atoms with Crippen LogP contribution in [0.2, 0.25) is 0 Å². The zero-order valence-corrected chi connectivity index (χ0v) is 23.8. The summed E-state index contributed by atoms with van der Waals surface area (Å²) >= 11 is 3.46. The Morgan fingerprint density at radius 1 is 1.16 bits per heavy atom. The van der Waals surface area contributed by atoms with E-state index in [1.807, 2.05) is 18.2 Å². The molecular formula is C30H38BrNO6. The topological polar surface area (TPSA) is 104 Å². The van der Waals surface area contributed by atoms with Crippen molar-refractivity contribution in [2.45, 2.75) is 77.7 Å². The first-order valence-corrected chi connectivity index (χ1v) is 14.6. The van der Waals surface area contributed by atoms with E-state index in [0.29, 0.717) is 38.8 Å². The summed E-state index contributed by atoms with van der Waals surface area (Å²) in [5.74, 6) is -1.43. The lowest BCUT2D eigenvalue weighted by Crippen LogP contribution is -2.34. The van der Waals surface area contributed by atoms with E-state index < -0.39 is 5.97 Å². The molecule has 1 aliphatic carbocycles. The van der Waals surface area contributed by atoms with Gasteiger partial charge >= 0.3 is 5.97 Å². The van der Waals surface area contributed by atoms with Crippen LogP contribution >= 0.6 is 15.9 Å². The lowest BCUT2D eigenvalue weighted by molar-refractivity contribution is -0.141. The molecule has 2 N–H and O–H groups in total. The number of carbonyl (C=O) groups is 3. The minimum absolute atomic E-state index is 0.0489. The smallest absolute Gasteiger partial charge is 0.303 e. The van der Waals surface area contributed by atoms with Crippen LogP contribution in [0.25, 0.3) is 6.08 Å². The molecule has 1 aromatic carbocycles. The second-order valence-electron chi connectivity index (χ2n) is 10.8. The molecule has 0 spiro atoms. The van der Waals surface area contributed by atoms with E-state index in [1.54, 1.807) is 6.07 Å². The molecule has 2 saturated heterocycles. The van der Waals surface area contributed by atoms with Crippen molar-refractivity contribution in [3.8, 4) is 5.75 Å². The van der Waals surface area contributed by atoms with Crippen LogP contribution in [-0.2, 0) is 19.1 Å². The van der Waals surface area contributed by atoms with Crippen molar-refractivity contribution >= 4 is 39.8 Å². The molecule has 0 aromatic heterocycles. The highest BCUT2D eigenvalue weighted by Crippen LogP contribution is 2.50. The third kappa shape index (κ3) is 6.23. The van der Waals surface area contributed by atoms with E-state index in [2.05, 4.69) is 29.8 Å². The number of benzene rings is 1. The highest BCUT2D eigenvalue weighted by molar-refractivity contribution is 9.10. The first-order valence-electron chi connectivity index (χ1n) is 13.8. The number of nitrogens with zero attached hydrogens (tertiary/aromatic N) is 1. The van der Waals surface area contributed by atoms with Crippen LogP contribution < -0.4 is 0 Å². The van der Waals surface area contributed by atoms with E-state index in [0.717, 1.165) is 41.3 Å². The highest BCUT2D eigenvalue weighted by atomic mass is 79.9. The van der Waals surface area contributed by atoms with Gasteiger partial charge in [-0.05, 0) is 69.2 Å². The second-order valence-corrected chi connectivity index (χ2v) is 11.8. The number of aliphatic carboxylic acids is 1. The molecule has 4 atom stereocenters. The number of unbranched alkanes of at least 4 members (excludes halogenated alkanes) is 2. The number of imide groups is 1. The van der Waals surface area contributed by atoms with Gasteiger partial charge in [-0.1, -0.05) is 52.9 Å². The lowest BCUT2D eigenvalue weighted by Gasteiger charge is -2.32. The maximum absolute atomic E-state index is 13.5. The normalized spacial score (nSPS) is 25.2. The number of halogens is 1. The molecule has 2 fully saturated rings. The summed E-state index contributed by atoms with van der Waals surface area (Å²) in [6, 6.07) is 5.38. The quantitative estimate of drug-likeness (QED) is 0.174. The van der Waals surface area contributed by atoms with Crippen LogP contribution in [0, 0.1) is 17.8 Å². The van der Waals surface area contributed by atoms with Crippen molar-refractivity contribution in [1.29, 1.82) is 0 Å². The molecule has 0 radical (unpaired) electrons. The third-order valence-electron chi connectivity index (χ3n) is 8.12. The highest BCUT2D eigenvalue weighted by Gasteiger charge is 2.56. The molecule has 8 heteroatoms. The van der Waals surface area contributed by atoms with Gasteiger partial charge in [0.25, 0.3) is 0 Å². The van der Waals surface area contributed by atoms with Crippen LogP contribution in [-0.4, -0.2) is 52.2 Å². The molecule has 2 heterocycles. The maximum atomic E-state index is 13.5. The van der Waals surface area contributed by atoms with Gasteiger partial charge in [-0.3, -0.25) is 19.3 Å². The van der Waals surface area contributed by atoms with Crippen molar-refractivity contribution in [2.24, 2.45) is 17.8 Å². The van der Waals surface area contributed by atoms with Gasteiger partial charge in [-0.2, -0.15) is 0 Å².